The molecule has 1 atom stereocenters. The Morgan fingerprint density at radius 1 is 1.13 bits per heavy atom. The highest BCUT2D eigenvalue weighted by atomic mass is 16.1. The third-order valence-corrected chi connectivity index (χ3v) is 2.52. The van der Waals surface area contributed by atoms with Gasteiger partial charge in [0.05, 0.1) is 0 Å². The fraction of sp³-hybridized carbons (Fsp3) is 0.357. The van der Waals surface area contributed by atoms with Crippen LogP contribution in [0.15, 0.2) is 30.3 Å². The van der Waals surface area contributed by atoms with Crippen molar-refractivity contribution in [3.8, 4) is 11.8 Å². The zero-order valence-electron chi connectivity index (χ0n) is 9.45. The third kappa shape index (κ3) is 3.59. The number of carbonyl (C=O) groups excluding carboxylic acids is 1. The molecule has 1 nitrogen and oxygen atoms in total. The summed E-state index contributed by atoms with van der Waals surface area (Å²) in [5.74, 6) is 5.96. The molecule has 0 aliphatic carbocycles. The van der Waals surface area contributed by atoms with E-state index >= 15 is 0 Å². The minimum Gasteiger partial charge on any atom is -0.285 e. The Balaban J connectivity index is 2.71. The molecule has 0 spiro atoms. The van der Waals surface area contributed by atoms with Crippen molar-refractivity contribution in [3.05, 3.63) is 35.9 Å². The Kier molecular flexibility index (Phi) is 4.12. The molecule has 1 heteroatoms. The van der Waals surface area contributed by atoms with Crippen molar-refractivity contribution in [3.63, 3.8) is 0 Å². The van der Waals surface area contributed by atoms with E-state index in [0.717, 1.165) is 5.56 Å². The zero-order valence-corrected chi connectivity index (χ0v) is 9.45. The number of hydrogen-bond donors (Lipinski definition) is 0. The van der Waals surface area contributed by atoms with Crippen LogP contribution in [-0.2, 0) is 4.79 Å². The van der Waals surface area contributed by atoms with E-state index in [1.165, 1.54) is 0 Å². The summed E-state index contributed by atoms with van der Waals surface area (Å²) in [5, 5.41) is 0. The highest BCUT2D eigenvalue weighted by molar-refractivity contribution is 5.97. The van der Waals surface area contributed by atoms with Gasteiger partial charge in [0, 0.05) is 11.5 Å². The predicted molar refractivity (Wildman–Crippen MR) is 62.3 cm³/mol. The first-order chi connectivity index (χ1) is 7.11. The highest BCUT2D eigenvalue weighted by Gasteiger charge is 2.13. The Labute approximate surface area is 91.5 Å². The molecule has 0 saturated heterocycles. The van der Waals surface area contributed by atoms with Gasteiger partial charge in [-0.3, -0.25) is 4.79 Å². The van der Waals surface area contributed by atoms with Crippen molar-refractivity contribution >= 4 is 5.78 Å². The van der Waals surface area contributed by atoms with Crippen molar-refractivity contribution in [1.29, 1.82) is 0 Å². The fourth-order valence-electron chi connectivity index (χ4n) is 1.07. The summed E-state index contributed by atoms with van der Waals surface area (Å²) in [6.45, 7) is 5.99. The van der Waals surface area contributed by atoms with Crippen LogP contribution < -0.4 is 0 Å². The lowest BCUT2D eigenvalue weighted by Crippen LogP contribution is -2.14. The first-order valence-corrected chi connectivity index (χ1v) is 5.22. The second-order valence-electron chi connectivity index (χ2n) is 4.01. The molecule has 0 N–H and O–H groups in total. The van der Waals surface area contributed by atoms with Gasteiger partial charge in [-0.1, -0.05) is 44.9 Å². The minimum absolute atomic E-state index is 0.0150. The average Bonchev–Trinajstić information content (AvgIpc) is 2.26. The van der Waals surface area contributed by atoms with Gasteiger partial charge in [0.1, 0.15) is 0 Å². The maximum absolute atomic E-state index is 11.6. The maximum Gasteiger partial charge on any atom is 0.208 e. The minimum atomic E-state index is 0.0150. The molecule has 78 valence electrons. The van der Waals surface area contributed by atoms with Crippen molar-refractivity contribution in [2.24, 2.45) is 11.8 Å². The largest absolute Gasteiger partial charge is 0.285 e. The van der Waals surface area contributed by atoms with Crippen LogP contribution in [0.5, 0.6) is 0 Å². The van der Waals surface area contributed by atoms with E-state index < -0.39 is 0 Å². The lowest BCUT2D eigenvalue weighted by molar-refractivity contribution is -0.118. The quantitative estimate of drug-likeness (QED) is 0.671. The smallest absolute Gasteiger partial charge is 0.208 e. The molecule has 0 fully saturated rings. The van der Waals surface area contributed by atoms with E-state index in [-0.39, 0.29) is 11.7 Å². The summed E-state index contributed by atoms with van der Waals surface area (Å²) < 4.78 is 0. The van der Waals surface area contributed by atoms with Crippen molar-refractivity contribution in [1.82, 2.24) is 0 Å². The standard InChI is InChI=1S/C14H16O/c1-11(2)12(3)14(15)10-9-13-7-5-4-6-8-13/h4-8,11-12H,1-3H3. The molecule has 0 aliphatic rings. The summed E-state index contributed by atoms with van der Waals surface area (Å²) in [4.78, 5) is 11.6. The van der Waals surface area contributed by atoms with Gasteiger partial charge < -0.3 is 0 Å². The molecule has 1 aromatic rings. The molecule has 1 rings (SSSR count). The van der Waals surface area contributed by atoms with Crippen LogP contribution in [0.1, 0.15) is 26.3 Å². The molecular formula is C14H16O. The van der Waals surface area contributed by atoms with Gasteiger partial charge in [-0.15, -0.1) is 0 Å². The molecule has 0 saturated carbocycles. The van der Waals surface area contributed by atoms with Gasteiger partial charge >= 0.3 is 0 Å². The molecular weight excluding hydrogens is 184 g/mol. The van der Waals surface area contributed by atoms with Gasteiger partial charge in [0.15, 0.2) is 0 Å². The average molecular weight is 200 g/mol. The Morgan fingerprint density at radius 3 is 2.27 bits per heavy atom. The molecule has 0 radical (unpaired) electrons. The summed E-state index contributed by atoms with van der Waals surface area (Å²) in [5.41, 5.74) is 0.891. The van der Waals surface area contributed by atoms with E-state index in [4.69, 9.17) is 0 Å². The van der Waals surface area contributed by atoms with Crippen molar-refractivity contribution in [2.45, 2.75) is 20.8 Å². The van der Waals surface area contributed by atoms with Gasteiger partial charge in [-0.2, -0.15) is 0 Å². The SMILES string of the molecule is CC(C)C(C)C(=O)C#Cc1ccccc1. The van der Waals surface area contributed by atoms with E-state index in [0.29, 0.717) is 5.92 Å². The molecule has 0 heterocycles. The van der Waals surface area contributed by atoms with Crippen LogP contribution >= 0.6 is 0 Å². The number of rotatable bonds is 2. The van der Waals surface area contributed by atoms with E-state index in [1.54, 1.807) is 0 Å². The Morgan fingerprint density at radius 2 is 1.73 bits per heavy atom. The summed E-state index contributed by atoms with van der Waals surface area (Å²) >= 11 is 0. The molecule has 0 amide bonds. The lowest BCUT2D eigenvalue weighted by atomic mass is 9.94. The normalized spacial score (nSPS) is 11.7. The second-order valence-corrected chi connectivity index (χ2v) is 4.01. The Hall–Kier alpha value is -1.55. The second kappa shape index (κ2) is 5.36. The Bertz CT molecular complexity index is 379. The van der Waals surface area contributed by atoms with Crippen LogP contribution in [-0.4, -0.2) is 5.78 Å². The van der Waals surface area contributed by atoms with Crippen LogP contribution in [0.3, 0.4) is 0 Å². The first-order valence-electron chi connectivity index (χ1n) is 5.22. The van der Waals surface area contributed by atoms with Gasteiger partial charge in [-0.05, 0) is 24.0 Å². The predicted octanol–water partition coefficient (Wildman–Crippen LogP) is 2.90. The van der Waals surface area contributed by atoms with Crippen LogP contribution in [0, 0.1) is 23.7 Å². The van der Waals surface area contributed by atoms with Crippen molar-refractivity contribution in [2.75, 3.05) is 0 Å². The number of ketones is 1. The topological polar surface area (TPSA) is 17.1 Å². The first kappa shape index (κ1) is 11.5. The maximum atomic E-state index is 11.6. The number of hydrogen-bond acceptors (Lipinski definition) is 1. The number of Topliss-reactive ketones (excluding diaryl/α,β-unsaturated/α-hetero) is 1. The van der Waals surface area contributed by atoms with Crippen LogP contribution in [0.2, 0.25) is 0 Å². The van der Waals surface area contributed by atoms with Gasteiger partial charge in [0.25, 0.3) is 0 Å². The van der Waals surface area contributed by atoms with Crippen LogP contribution in [0.4, 0.5) is 0 Å². The molecule has 1 aromatic carbocycles. The monoisotopic (exact) mass is 200 g/mol. The van der Waals surface area contributed by atoms with Gasteiger partial charge in [-0.25, -0.2) is 0 Å². The van der Waals surface area contributed by atoms with Crippen molar-refractivity contribution < 1.29 is 4.79 Å². The van der Waals surface area contributed by atoms with Crippen LogP contribution in [0.25, 0.3) is 0 Å². The van der Waals surface area contributed by atoms with E-state index in [1.807, 2.05) is 51.1 Å². The summed E-state index contributed by atoms with van der Waals surface area (Å²) in [6, 6.07) is 9.57. The summed E-state index contributed by atoms with van der Waals surface area (Å²) in [6.07, 6.45) is 0. The van der Waals surface area contributed by atoms with Gasteiger partial charge in [0.2, 0.25) is 5.78 Å². The number of benzene rings is 1. The fourth-order valence-corrected chi connectivity index (χ4v) is 1.07. The number of carbonyl (C=O) groups is 1. The molecule has 0 aliphatic heterocycles. The summed E-state index contributed by atoms with van der Waals surface area (Å²) in [7, 11) is 0. The van der Waals surface area contributed by atoms with E-state index in [9.17, 15) is 4.79 Å². The van der Waals surface area contributed by atoms with E-state index in [2.05, 4.69) is 11.8 Å². The highest BCUT2D eigenvalue weighted by Crippen LogP contribution is 2.10. The lowest BCUT2D eigenvalue weighted by Gasteiger charge is -2.09. The third-order valence-electron chi connectivity index (χ3n) is 2.52. The molecule has 0 bridgehead atoms. The zero-order chi connectivity index (χ0) is 11.3. The molecule has 15 heavy (non-hydrogen) atoms. The molecule has 1 unspecified atom stereocenters. The molecule has 0 aromatic heterocycles.